The lowest BCUT2D eigenvalue weighted by Crippen LogP contribution is -2.39. The van der Waals surface area contributed by atoms with Crippen molar-refractivity contribution >= 4 is 16.7 Å². The van der Waals surface area contributed by atoms with E-state index >= 15 is 0 Å². The molecule has 0 saturated carbocycles. The van der Waals surface area contributed by atoms with Gasteiger partial charge >= 0.3 is 0 Å². The lowest BCUT2D eigenvalue weighted by Gasteiger charge is -2.30. The first-order valence-electron chi connectivity index (χ1n) is 9.70. The summed E-state index contributed by atoms with van der Waals surface area (Å²) in [7, 11) is 0. The molecule has 5 rings (SSSR count). The van der Waals surface area contributed by atoms with Crippen molar-refractivity contribution < 1.29 is 9.21 Å². The number of carbonyl (C=O) groups is 1. The number of carbonyl (C=O) groups excluding carboxylic acids is 1. The van der Waals surface area contributed by atoms with E-state index in [1.54, 1.807) is 23.3 Å². The molecule has 8 nitrogen and oxygen atoms in total. The maximum Gasteiger partial charge on any atom is 0.266 e. The second-order valence-corrected chi connectivity index (χ2v) is 7.18. The van der Waals surface area contributed by atoms with Crippen molar-refractivity contribution in [2.24, 2.45) is 0 Å². The molecule has 1 saturated heterocycles. The Kier molecular flexibility index (Phi) is 4.51. The zero-order valence-corrected chi connectivity index (χ0v) is 15.8. The minimum Gasteiger partial charge on any atom is -0.419 e. The monoisotopic (exact) mass is 388 g/mol. The number of aromatic nitrogens is 5. The van der Waals surface area contributed by atoms with Crippen LogP contribution < -0.4 is 0 Å². The van der Waals surface area contributed by atoms with E-state index in [1.165, 1.54) is 0 Å². The first kappa shape index (κ1) is 17.5. The number of piperidine rings is 1. The molecule has 0 atom stereocenters. The van der Waals surface area contributed by atoms with Crippen molar-refractivity contribution in [2.75, 3.05) is 13.1 Å². The molecule has 0 aliphatic carbocycles. The molecule has 0 unspecified atom stereocenters. The highest BCUT2D eigenvalue weighted by Gasteiger charge is 2.28. The number of amides is 1. The Bertz CT molecular complexity index is 1120. The van der Waals surface area contributed by atoms with Gasteiger partial charge in [0.25, 0.3) is 5.89 Å². The van der Waals surface area contributed by atoms with Crippen molar-refractivity contribution in [3.05, 3.63) is 60.9 Å². The summed E-state index contributed by atoms with van der Waals surface area (Å²) in [4.78, 5) is 18.8. The minimum atomic E-state index is 0.0818. The average Bonchev–Trinajstić information content (AvgIpc) is 3.46. The zero-order chi connectivity index (χ0) is 19.6. The van der Waals surface area contributed by atoms with Crippen LogP contribution in [0.3, 0.4) is 0 Å². The smallest absolute Gasteiger partial charge is 0.266 e. The highest BCUT2D eigenvalue weighted by molar-refractivity contribution is 5.92. The Morgan fingerprint density at radius 1 is 1.07 bits per heavy atom. The number of rotatable bonds is 4. The number of hydrogen-bond acceptors (Lipinski definition) is 6. The lowest BCUT2D eigenvalue weighted by molar-refractivity contribution is -0.133. The van der Waals surface area contributed by atoms with Crippen molar-refractivity contribution in [3.63, 3.8) is 0 Å². The second-order valence-electron chi connectivity index (χ2n) is 7.18. The molecule has 4 aromatic rings. The van der Waals surface area contributed by atoms with Gasteiger partial charge in [0, 0.05) is 43.0 Å². The highest BCUT2D eigenvalue weighted by Crippen LogP contribution is 2.31. The molecule has 146 valence electrons. The molecule has 29 heavy (non-hydrogen) atoms. The molecule has 4 heterocycles. The van der Waals surface area contributed by atoms with Crippen LogP contribution in [0.2, 0.25) is 0 Å². The maximum atomic E-state index is 12.4. The molecule has 0 radical (unpaired) electrons. The van der Waals surface area contributed by atoms with Gasteiger partial charge in [0.05, 0.1) is 0 Å². The van der Waals surface area contributed by atoms with Crippen LogP contribution >= 0.6 is 0 Å². The van der Waals surface area contributed by atoms with Gasteiger partial charge in [-0.25, -0.2) is 0 Å². The second kappa shape index (κ2) is 7.46. The summed E-state index contributed by atoms with van der Waals surface area (Å²) < 4.78 is 7.64. The van der Waals surface area contributed by atoms with Gasteiger partial charge in [-0.15, -0.1) is 10.2 Å². The van der Waals surface area contributed by atoms with Gasteiger partial charge in [0.15, 0.2) is 0 Å². The number of hydrogen-bond donors (Lipinski definition) is 0. The third kappa shape index (κ3) is 3.49. The summed E-state index contributed by atoms with van der Waals surface area (Å²) in [6.45, 7) is 1.62. The van der Waals surface area contributed by atoms with Crippen molar-refractivity contribution in [1.82, 2.24) is 29.9 Å². The van der Waals surface area contributed by atoms with E-state index in [9.17, 15) is 4.79 Å². The SMILES string of the molecule is O=C(Cn1cccn1)N1CCC(c2nnc(-c3nccc4ccccc34)o2)CC1. The van der Waals surface area contributed by atoms with E-state index in [2.05, 4.69) is 20.3 Å². The highest BCUT2D eigenvalue weighted by atomic mass is 16.4. The fraction of sp³-hybridized carbons (Fsp3) is 0.286. The van der Waals surface area contributed by atoms with Gasteiger partial charge in [0.2, 0.25) is 11.8 Å². The Balaban J connectivity index is 1.28. The zero-order valence-electron chi connectivity index (χ0n) is 15.8. The van der Waals surface area contributed by atoms with E-state index in [1.807, 2.05) is 41.3 Å². The van der Waals surface area contributed by atoms with E-state index in [0.717, 1.165) is 23.6 Å². The number of benzene rings is 1. The van der Waals surface area contributed by atoms with E-state index in [0.29, 0.717) is 30.6 Å². The van der Waals surface area contributed by atoms with Crippen molar-refractivity contribution in [2.45, 2.75) is 25.3 Å². The standard InChI is InChI=1S/C21H20N6O2/c28-18(14-27-11-3-9-23-27)26-12-7-16(8-13-26)20-24-25-21(29-20)19-17-5-2-1-4-15(17)6-10-22-19/h1-6,9-11,16H,7-8,12-14H2. The van der Waals surface area contributed by atoms with Gasteiger partial charge in [-0.3, -0.25) is 14.5 Å². The molecule has 3 aromatic heterocycles. The fourth-order valence-corrected chi connectivity index (χ4v) is 3.79. The van der Waals surface area contributed by atoms with Crippen LogP contribution in [0.15, 0.2) is 59.4 Å². The Morgan fingerprint density at radius 3 is 2.76 bits per heavy atom. The predicted molar refractivity (Wildman–Crippen MR) is 106 cm³/mol. The third-order valence-electron chi connectivity index (χ3n) is 5.37. The van der Waals surface area contributed by atoms with Gasteiger partial charge < -0.3 is 9.32 Å². The van der Waals surface area contributed by atoms with Crippen LogP contribution in [0, 0.1) is 0 Å². The van der Waals surface area contributed by atoms with Crippen molar-refractivity contribution in [3.8, 4) is 11.6 Å². The fourth-order valence-electron chi connectivity index (χ4n) is 3.79. The molecule has 0 bridgehead atoms. The van der Waals surface area contributed by atoms with Gasteiger partial charge in [0.1, 0.15) is 12.2 Å². The summed E-state index contributed by atoms with van der Waals surface area (Å²) in [5, 5.41) is 14.7. The molecule has 1 aromatic carbocycles. The number of likely N-dealkylation sites (tertiary alicyclic amines) is 1. The normalized spacial score (nSPS) is 15.1. The maximum absolute atomic E-state index is 12.4. The number of pyridine rings is 1. The van der Waals surface area contributed by atoms with Gasteiger partial charge in [-0.2, -0.15) is 5.10 Å². The number of fused-ring (bicyclic) bond motifs is 1. The third-order valence-corrected chi connectivity index (χ3v) is 5.37. The predicted octanol–water partition coefficient (Wildman–Crippen LogP) is 2.89. The summed E-state index contributed by atoms with van der Waals surface area (Å²) in [6, 6.07) is 11.8. The molecular formula is C21H20N6O2. The molecule has 8 heteroatoms. The average molecular weight is 388 g/mol. The van der Waals surface area contributed by atoms with Crippen molar-refractivity contribution in [1.29, 1.82) is 0 Å². The Hall–Kier alpha value is -3.55. The summed E-state index contributed by atoms with van der Waals surface area (Å²) in [5.41, 5.74) is 0.702. The van der Waals surface area contributed by atoms with Crippen LogP contribution in [0.25, 0.3) is 22.4 Å². The summed E-state index contributed by atoms with van der Waals surface area (Å²) >= 11 is 0. The van der Waals surface area contributed by atoms with Crippen LogP contribution in [0.4, 0.5) is 0 Å². The lowest BCUT2D eigenvalue weighted by atomic mass is 9.97. The van der Waals surface area contributed by atoms with Crippen LogP contribution in [0.5, 0.6) is 0 Å². The summed E-state index contributed by atoms with van der Waals surface area (Å²) in [6.07, 6.45) is 6.83. The Morgan fingerprint density at radius 2 is 1.93 bits per heavy atom. The quantitative estimate of drug-likeness (QED) is 0.534. The molecule has 1 aliphatic heterocycles. The first-order chi connectivity index (χ1) is 14.3. The largest absolute Gasteiger partial charge is 0.419 e. The van der Waals surface area contributed by atoms with Crippen LogP contribution in [-0.4, -0.2) is 48.9 Å². The van der Waals surface area contributed by atoms with E-state index in [-0.39, 0.29) is 18.4 Å². The Labute approximate surface area is 167 Å². The first-order valence-corrected chi connectivity index (χ1v) is 9.70. The molecule has 0 spiro atoms. The minimum absolute atomic E-state index is 0.0818. The molecule has 1 amide bonds. The van der Waals surface area contributed by atoms with E-state index in [4.69, 9.17) is 4.42 Å². The van der Waals surface area contributed by atoms with E-state index < -0.39 is 0 Å². The molecule has 0 N–H and O–H groups in total. The molecule has 1 aliphatic rings. The van der Waals surface area contributed by atoms with Gasteiger partial charge in [-0.1, -0.05) is 24.3 Å². The number of nitrogens with zero attached hydrogens (tertiary/aromatic N) is 6. The summed E-state index contributed by atoms with van der Waals surface area (Å²) in [5.74, 6) is 1.29. The van der Waals surface area contributed by atoms with Gasteiger partial charge in [-0.05, 0) is 30.4 Å². The molecule has 1 fully saturated rings. The van der Waals surface area contributed by atoms with Crippen LogP contribution in [-0.2, 0) is 11.3 Å². The van der Waals surface area contributed by atoms with Crippen LogP contribution in [0.1, 0.15) is 24.7 Å². The topological polar surface area (TPSA) is 89.9 Å². The molecular weight excluding hydrogens is 368 g/mol.